The van der Waals surface area contributed by atoms with E-state index in [4.69, 9.17) is 16.6 Å². The number of nitrogens with one attached hydrogen (secondary N) is 1. The molecule has 0 atom stereocenters. The molecule has 0 radical (unpaired) electrons. The third kappa shape index (κ3) is 3.88. The van der Waals surface area contributed by atoms with E-state index in [1.165, 1.54) is 0 Å². The molecular weight excluding hydrogens is 330 g/mol. The van der Waals surface area contributed by atoms with Crippen molar-refractivity contribution < 1.29 is 0 Å². The molecule has 1 aromatic heterocycles. The van der Waals surface area contributed by atoms with Crippen molar-refractivity contribution in [3.8, 4) is 0 Å². The van der Waals surface area contributed by atoms with Crippen LogP contribution in [-0.4, -0.2) is 54.4 Å². The van der Waals surface area contributed by atoms with Crippen LogP contribution in [0.1, 0.15) is 0 Å². The monoisotopic (exact) mass is 349 g/mol. The minimum Gasteiger partial charge on any atom is -0.353 e. The summed E-state index contributed by atoms with van der Waals surface area (Å²) in [5.41, 5.74) is 0.949. The average Bonchev–Trinajstić information content (AvgIpc) is 2.56. The summed E-state index contributed by atoms with van der Waals surface area (Å²) in [7, 11) is 2.14. The molecule has 0 aliphatic carbocycles. The molecule has 2 aromatic rings. The molecule has 7 heteroatoms. The van der Waals surface area contributed by atoms with Crippen molar-refractivity contribution in [2.24, 2.45) is 0 Å². The zero-order valence-corrected chi connectivity index (χ0v) is 14.9. The molecule has 0 bridgehead atoms. The van der Waals surface area contributed by atoms with Gasteiger partial charge in [0.05, 0.1) is 4.90 Å². The Morgan fingerprint density at radius 1 is 1.09 bits per heavy atom. The van der Waals surface area contributed by atoms with Gasteiger partial charge in [0.15, 0.2) is 0 Å². The minimum atomic E-state index is 0.500. The molecule has 1 saturated heterocycles. The van der Waals surface area contributed by atoms with E-state index in [-0.39, 0.29) is 0 Å². The Morgan fingerprint density at radius 2 is 1.78 bits per heavy atom. The van der Waals surface area contributed by atoms with Crippen LogP contribution in [0.4, 0.5) is 17.5 Å². The van der Waals surface area contributed by atoms with Gasteiger partial charge in [0.2, 0.25) is 5.95 Å². The first-order valence-electron chi connectivity index (χ1n) is 7.54. The lowest BCUT2D eigenvalue weighted by molar-refractivity contribution is 0.311. The molecule has 0 unspecified atom stereocenters. The highest BCUT2D eigenvalue weighted by atomic mass is 35.5. The van der Waals surface area contributed by atoms with Gasteiger partial charge in [-0.25, -0.2) is 0 Å². The lowest BCUT2D eigenvalue weighted by Crippen LogP contribution is -2.45. The fraction of sp³-hybridized carbons (Fsp3) is 0.375. The predicted molar refractivity (Wildman–Crippen MR) is 98.3 cm³/mol. The first-order chi connectivity index (χ1) is 11.2. The fourth-order valence-electron chi connectivity index (χ4n) is 2.53. The standard InChI is InChI=1S/C16H20ClN5S/c1-21-8-10-22(11-9-21)15-13(23-2)14(17)19-16(20-15)18-12-6-4-3-5-7-12/h3-7H,8-11H2,1-2H3,(H,18,19,20). The molecular formula is C16H20ClN5S. The molecule has 122 valence electrons. The van der Waals surface area contributed by atoms with E-state index in [2.05, 4.69) is 27.1 Å². The molecule has 0 saturated carbocycles. The lowest BCUT2D eigenvalue weighted by Gasteiger charge is -2.34. The van der Waals surface area contributed by atoms with Gasteiger partial charge in [-0.3, -0.25) is 0 Å². The summed E-state index contributed by atoms with van der Waals surface area (Å²) in [5, 5.41) is 3.73. The van der Waals surface area contributed by atoms with Gasteiger partial charge in [-0.2, -0.15) is 9.97 Å². The second-order valence-electron chi connectivity index (χ2n) is 5.48. The molecule has 0 amide bonds. The smallest absolute Gasteiger partial charge is 0.230 e. The Labute approximate surface area is 146 Å². The number of para-hydroxylation sites is 1. The van der Waals surface area contributed by atoms with E-state index in [1.54, 1.807) is 11.8 Å². The number of nitrogens with zero attached hydrogens (tertiary/aromatic N) is 4. The maximum Gasteiger partial charge on any atom is 0.230 e. The lowest BCUT2D eigenvalue weighted by atomic mass is 10.3. The number of thioether (sulfide) groups is 1. The number of hydrogen-bond acceptors (Lipinski definition) is 6. The number of piperazine rings is 1. The second kappa shape index (κ2) is 7.38. The minimum absolute atomic E-state index is 0.500. The van der Waals surface area contributed by atoms with Crippen molar-refractivity contribution >= 4 is 40.8 Å². The Hall–Kier alpha value is -1.50. The van der Waals surface area contributed by atoms with E-state index >= 15 is 0 Å². The largest absolute Gasteiger partial charge is 0.353 e. The van der Waals surface area contributed by atoms with Crippen molar-refractivity contribution in [3.05, 3.63) is 35.5 Å². The summed E-state index contributed by atoms with van der Waals surface area (Å²) in [5.74, 6) is 1.46. The number of benzene rings is 1. The van der Waals surface area contributed by atoms with Gasteiger partial charge in [0.1, 0.15) is 11.0 Å². The van der Waals surface area contributed by atoms with E-state index in [1.807, 2.05) is 36.6 Å². The van der Waals surface area contributed by atoms with E-state index < -0.39 is 0 Å². The Balaban J connectivity index is 1.90. The first kappa shape index (κ1) is 16.4. The summed E-state index contributed by atoms with van der Waals surface area (Å²) in [4.78, 5) is 14.7. The van der Waals surface area contributed by atoms with E-state index in [9.17, 15) is 0 Å². The molecule has 1 aliphatic heterocycles. The number of aromatic nitrogens is 2. The van der Waals surface area contributed by atoms with Crippen molar-refractivity contribution in [2.75, 3.05) is 49.7 Å². The summed E-state index contributed by atoms with van der Waals surface area (Å²) >= 11 is 7.99. The van der Waals surface area contributed by atoms with Crippen LogP contribution in [-0.2, 0) is 0 Å². The van der Waals surface area contributed by atoms with Crippen molar-refractivity contribution in [1.82, 2.24) is 14.9 Å². The van der Waals surface area contributed by atoms with Crippen LogP contribution in [0.5, 0.6) is 0 Å². The predicted octanol–water partition coefficient (Wildman–Crippen LogP) is 3.35. The molecule has 1 fully saturated rings. The SMILES string of the molecule is CSc1c(Cl)nc(Nc2ccccc2)nc1N1CCN(C)CC1. The highest BCUT2D eigenvalue weighted by Gasteiger charge is 2.21. The normalized spacial score (nSPS) is 15.7. The molecule has 1 aliphatic rings. The van der Waals surface area contributed by atoms with Crippen LogP contribution in [0.15, 0.2) is 35.2 Å². The van der Waals surface area contributed by atoms with Gasteiger partial charge in [0.25, 0.3) is 0 Å². The van der Waals surface area contributed by atoms with Crippen LogP contribution in [0, 0.1) is 0 Å². The van der Waals surface area contributed by atoms with Gasteiger partial charge in [0, 0.05) is 31.9 Å². The number of anilines is 3. The topological polar surface area (TPSA) is 44.3 Å². The van der Waals surface area contributed by atoms with Crippen molar-refractivity contribution in [2.45, 2.75) is 4.90 Å². The highest BCUT2D eigenvalue weighted by Crippen LogP contribution is 2.34. The van der Waals surface area contributed by atoms with Gasteiger partial charge < -0.3 is 15.1 Å². The fourth-order valence-corrected chi connectivity index (χ4v) is 3.49. The molecule has 0 spiro atoms. The first-order valence-corrected chi connectivity index (χ1v) is 9.14. The van der Waals surface area contributed by atoms with Gasteiger partial charge >= 0.3 is 0 Å². The van der Waals surface area contributed by atoms with Crippen molar-refractivity contribution in [1.29, 1.82) is 0 Å². The van der Waals surface area contributed by atoms with E-state index in [0.717, 1.165) is 42.6 Å². The Morgan fingerprint density at radius 3 is 2.43 bits per heavy atom. The average molecular weight is 350 g/mol. The Bertz CT molecular complexity index is 659. The molecule has 5 nitrogen and oxygen atoms in total. The maximum absolute atomic E-state index is 6.40. The third-order valence-corrected chi connectivity index (χ3v) is 5.01. The quantitative estimate of drug-likeness (QED) is 0.674. The van der Waals surface area contributed by atoms with Crippen LogP contribution in [0.2, 0.25) is 5.15 Å². The molecule has 1 N–H and O–H groups in total. The molecule has 2 heterocycles. The van der Waals surface area contributed by atoms with Gasteiger partial charge in [-0.1, -0.05) is 29.8 Å². The second-order valence-corrected chi connectivity index (χ2v) is 6.65. The van der Waals surface area contributed by atoms with Crippen molar-refractivity contribution in [3.63, 3.8) is 0 Å². The van der Waals surface area contributed by atoms with Gasteiger partial charge in [-0.05, 0) is 25.4 Å². The third-order valence-electron chi connectivity index (χ3n) is 3.84. The number of likely N-dealkylation sites (N-methyl/N-ethyl adjacent to an activating group) is 1. The number of hydrogen-bond donors (Lipinski definition) is 1. The molecule has 1 aromatic carbocycles. The summed E-state index contributed by atoms with van der Waals surface area (Å²) in [6.07, 6.45) is 2.01. The maximum atomic E-state index is 6.40. The van der Waals surface area contributed by atoms with Crippen LogP contribution >= 0.6 is 23.4 Å². The van der Waals surface area contributed by atoms with E-state index in [0.29, 0.717) is 11.1 Å². The Kier molecular flexibility index (Phi) is 5.25. The number of halogens is 1. The van der Waals surface area contributed by atoms with Gasteiger partial charge in [-0.15, -0.1) is 11.8 Å². The molecule has 23 heavy (non-hydrogen) atoms. The van der Waals surface area contributed by atoms with Crippen LogP contribution in [0.3, 0.4) is 0 Å². The summed E-state index contributed by atoms with van der Waals surface area (Å²) in [6.45, 7) is 3.94. The zero-order valence-electron chi connectivity index (χ0n) is 13.3. The zero-order chi connectivity index (χ0) is 16.2. The molecule has 3 rings (SSSR count). The van der Waals surface area contributed by atoms with Crippen LogP contribution < -0.4 is 10.2 Å². The summed E-state index contributed by atoms with van der Waals surface area (Å²) in [6, 6.07) is 9.89. The summed E-state index contributed by atoms with van der Waals surface area (Å²) < 4.78 is 0. The highest BCUT2D eigenvalue weighted by molar-refractivity contribution is 7.98. The number of rotatable bonds is 4. The van der Waals surface area contributed by atoms with Crippen LogP contribution in [0.25, 0.3) is 0 Å².